The maximum absolute atomic E-state index is 11.8. The summed E-state index contributed by atoms with van der Waals surface area (Å²) in [4.78, 5) is 24.7. The van der Waals surface area contributed by atoms with E-state index in [-0.39, 0.29) is 30.3 Å². The van der Waals surface area contributed by atoms with Crippen LogP contribution in [-0.2, 0) is 9.59 Å². The van der Waals surface area contributed by atoms with Crippen molar-refractivity contribution < 1.29 is 14.7 Å². The molecule has 2 N–H and O–H groups in total. The molecule has 0 aliphatic carbocycles. The van der Waals surface area contributed by atoms with Gasteiger partial charge >= 0.3 is 0 Å². The third-order valence-electron chi connectivity index (χ3n) is 2.48. The Hall–Kier alpha value is -1.10. The fourth-order valence-corrected chi connectivity index (χ4v) is 1.70. The van der Waals surface area contributed by atoms with Gasteiger partial charge < -0.3 is 15.3 Å². The zero-order valence-electron chi connectivity index (χ0n) is 10.3. The molecule has 1 saturated heterocycles. The fraction of sp³-hybridized carbons (Fsp3) is 0.818. The number of carbonyl (C=O) groups is 2. The first kappa shape index (κ1) is 13.0. The number of hydrogen-bond donors (Lipinski definition) is 2. The van der Waals surface area contributed by atoms with Crippen molar-refractivity contribution in [1.82, 2.24) is 10.2 Å². The quantitative estimate of drug-likeness (QED) is 0.692. The number of rotatable bonds is 2. The number of aliphatic hydroxyl groups is 1. The lowest BCUT2D eigenvalue weighted by Crippen LogP contribution is -2.51. The Kier molecular flexibility index (Phi) is 3.57. The van der Waals surface area contributed by atoms with Gasteiger partial charge in [0.15, 0.2) is 0 Å². The van der Waals surface area contributed by atoms with Gasteiger partial charge in [0.1, 0.15) is 6.04 Å². The van der Waals surface area contributed by atoms with E-state index in [4.69, 9.17) is 0 Å². The van der Waals surface area contributed by atoms with E-state index in [1.165, 1.54) is 4.90 Å². The summed E-state index contributed by atoms with van der Waals surface area (Å²) in [5, 5.41) is 12.2. The van der Waals surface area contributed by atoms with Crippen LogP contribution in [0.4, 0.5) is 0 Å². The molecule has 1 heterocycles. The molecule has 2 atom stereocenters. The SMILES string of the molecule is CC(C(=O)NC(C)(C)C)N1CC(O)CC1=O. The molecule has 0 spiro atoms. The molecule has 16 heavy (non-hydrogen) atoms. The second-order valence-corrected chi connectivity index (χ2v) is 5.32. The second-order valence-electron chi connectivity index (χ2n) is 5.32. The minimum Gasteiger partial charge on any atom is -0.391 e. The summed E-state index contributed by atoms with van der Waals surface area (Å²) < 4.78 is 0. The van der Waals surface area contributed by atoms with Crippen molar-refractivity contribution in [2.75, 3.05) is 6.54 Å². The maximum Gasteiger partial charge on any atom is 0.242 e. The van der Waals surface area contributed by atoms with Crippen molar-refractivity contribution in [2.24, 2.45) is 0 Å². The fourth-order valence-electron chi connectivity index (χ4n) is 1.70. The van der Waals surface area contributed by atoms with E-state index in [2.05, 4.69) is 5.32 Å². The van der Waals surface area contributed by atoms with Gasteiger partial charge in [0.2, 0.25) is 11.8 Å². The highest BCUT2D eigenvalue weighted by Crippen LogP contribution is 2.15. The van der Waals surface area contributed by atoms with Crippen LogP contribution >= 0.6 is 0 Å². The van der Waals surface area contributed by atoms with E-state index < -0.39 is 12.1 Å². The molecule has 2 amide bonds. The highest BCUT2D eigenvalue weighted by Gasteiger charge is 2.35. The summed E-state index contributed by atoms with van der Waals surface area (Å²) in [5.41, 5.74) is -0.313. The molecule has 0 aromatic carbocycles. The van der Waals surface area contributed by atoms with Crippen LogP contribution in [0.1, 0.15) is 34.1 Å². The third kappa shape index (κ3) is 3.20. The van der Waals surface area contributed by atoms with Gasteiger partial charge in [-0.05, 0) is 27.7 Å². The monoisotopic (exact) mass is 228 g/mol. The summed E-state index contributed by atoms with van der Waals surface area (Å²) in [5.74, 6) is -0.348. The Morgan fingerprint density at radius 1 is 1.56 bits per heavy atom. The molecule has 1 aliphatic heterocycles. The van der Waals surface area contributed by atoms with Gasteiger partial charge in [-0.1, -0.05) is 0 Å². The molecule has 0 aromatic rings. The van der Waals surface area contributed by atoms with E-state index >= 15 is 0 Å². The Morgan fingerprint density at radius 2 is 2.12 bits per heavy atom. The summed E-state index contributed by atoms with van der Waals surface area (Å²) in [6.07, 6.45) is -0.523. The molecule has 2 unspecified atom stereocenters. The normalized spacial score (nSPS) is 23.4. The molecule has 5 nitrogen and oxygen atoms in total. The van der Waals surface area contributed by atoms with E-state index in [1.54, 1.807) is 6.92 Å². The molecule has 92 valence electrons. The first-order valence-corrected chi connectivity index (χ1v) is 5.50. The lowest BCUT2D eigenvalue weighted by Gasteiger charge is -2.28. The molecule has 0 radical (unpaired) electrons. The lowest BCUT2D eigenvalue weighted by atomic mass is 10.1. The number of hydrogen-bond acceptors (Lipinski definition) is 3. The topological polar surface area (TPSA) is 69.6 Å². The van der Waals surface area contributed by atoms with Gasteiger partial charge in [-0.2, -0.15) is 0 Å². The zero-order chi connectivity index (χ0) is 12.5. The average molecular weight is 228 g/mol. The molecule has 0 saturated carbocycles. The Labute approximate surface area is 95.8 Å². The van der Waals surface area contributed by atoms with Crippen molar-refractivity contribution in [3.8, 4) is 0 Å². The highest BCUT2D eigenvalue weighted by atomic mass is 16.3. The van der Waals surface area contributed by atoms with Gasteiger partial charge in [0, 0.05) is 12.1 Å². The molecular weight excluding hydrogens is 208 g/mol. The van der Waals surface area contributed by atoms with Crippen molar-refractivity contribution in [3.05, 3.63) is 0 Å². The van der Waals surface area contributed by atoms with Gasteiger partial charge in [0.25, 0.3) is 0 Å². The van der Waals surface area contributed by atoms with E-state index in [0.29, 0.717) is 0 Å². The van der Waals surface area contributed by atoms with Gasteiger partial charge in [-0.25, -0.2) is 0 Å². The van der Waals surface area contributed by atoms with Crippen molar-refractivity contribution in [3.63, 3.8) is 0 Å². The van der Waals surface area contributed by atoms with Gasteiger partial charge in [-0.3, -0.25) is 9.59 Å². The standard InChI is InChI=1S/C11H20N2O3/c1-7(10(16)12-11(2,3)4)13-6-8(14)5-9(13)15/h7-8,14H,5-6H2,1-4H3,(H,12,16). The number of likely N-dealkylation sites (tertiary alicyclic amines) is 1. The minimum atomic E-state index is -0.641. The molecule has 0 aromatic heterocycles. The number of β-amino-alcohol motifs (C(OH)–C–C–N with tert-alkyl or cyclic N) is 1. The Morgan fingerprint density at radius 3 is 2.50 bits per heavy atom. The van der Waals surface area contributed by atoms with Crippen LogP contribution in [0.2, 0.25) is 0 Å². The van der Waals surface area contributed by atoms with Gasteiger partial charge in [-0.15, -0.1) is 0 Å². The summed E-state index contributed by atoms with van der Waals surface area (Å²) in [6, 6.07) is -0.524. The van der Waals surface area contributed by atoms with Crippen LogP contribution < -0.4 is 5.32 Å². The van der Waals surface area contributed by atoms with Crippen molar-refractivity contribution in [1.29, 1.82) is 0 Å². The first-order chi connectivity index (χ1) is 7.20. The molecule has 1 rings (SSSR count). The first-order valence-electron chi connectivity index (χ1n) is 5.50. The molecule has 1 fully saturated rings. The number of nitrogens with one attached hydrogen (secondary N) is 1. The highest BCUT2D eigenvalue weighted by molar-refractivity contribution is 5.88. The van der Waals surface area contributed by atoms with E-state index in [9.17, 15) is 14.7 Å². The number of amides is 2. The Bertz CT molecular complexity index is 296. The maximum atomic E-state index is 11.8. The lowest BCUT2D eigenvalue weighted by molar-refractivity contribution is -0.137. The molecule has 0 bridgehead atoms. The number of carbonyl (C=O) groups excluding carboxylic acids is 2. The minimum absolute atomic E-state index is 0.118. The predicted molar refractivity (Wildman–Crippen MR) is 59.7 cm³/mol. The zero-order valence-corrected chi connectivity index (χ0v) is 10.3. The summed E-state index contributed by atoms with van der Waals surface area (Å²) >= 11 is 0. The second kappa shape index (κ2) is 4.41. The van der Waals surface area contributed by atoms with Crippen LogP contribution in [-0.4, -0.2) is 46.1 Å². The van der Waals surface area contributed by atoms with Crippen LogP contribution in [0.5, 0.6) is 0 Å². The molecule has 5 heteroatoms. The number of aliphatic hydroxyl groups excluding tert-OH is 1. The van der Waals surface area contributed by atoms with Crippen LogP contribution in [0.25, 0.3) is 0 Å². The van der Waals surface area contributed by atoms with E-state index in [0.717, 1.165) is 0 Å². The smallest absolute Gasteiger partial charge is 0.242 e. The Balaban J connectivity index is 2.61. The van der Waals surface area contributed by atoms with Crippen molar-refractivity contribution in [2.45, 2.75) is 51.8 Å². The summed E-state index contributed by atoms with van der Waals surface area (Å²) in [7, 11) is 0. The van der Waals surface area contributed by atoms with Crippen molar-refractivity contribution >= 4 is 11.8 Å². The summed E-state index contributed by atoms with van der Waals surface area (Å²) in [6.45, 7) is 7.59. The van der Waals surface area contributed by atoms with Crippen LogP contribution in [0, 0.1) is 0 Å². The molecular formula is C11H20N2O3. The van der Waals surface area contributed by atoms with Crippen LogP contribution in [0.3, 0.4) is 0 Å². The third-order valence-corrected chi connectivity index (χ3v) is 2.48. The van der Waals surface area contributed by atoms with Gasteiger partial charge in [0.05, 0.1) is 12.5 Å². The average Bonchev–Trinajstić information content (AvgIpc) is 2.41. The number of nitrogens with zero attached hydrogens (tertiary/aromatic N) is 1. The predicted octanol–water partition coefficient (Wildman–Crippen LogP) is -0.117. The largest absolute Gasteiger partial charge is 0.391 e. The van der Waals surface area contributed by atoms with Crippen LogP contribution in [0.15, 0.2) is 0 Å². The molecule has 1 aliphatic rings. The van der Waals surface area contributed by atoms with E-state index in [1.807, 2.05) is 20.8 Å².